The second-order valence-corrected chi connectivity index (χ2v) is 5.47. The van der Waals surface area contributed by atoms with Crippen molar-refractivity contribution in [3.8, 4) is 0 Å². The number of halogens is 1. The summed E-state index contributed by atoms with van der Waals surface area (Å²) >= 11 is 5.74. The van der Waals surface area contributed by atoms with Gasteiger partial charge in [0.25, 0.3) is 10.1 Å². The van der Waals surface area contributed by atoms with Crippen LogP contribution in [0.4, 0.5) is 0 Å². The summed E-state index contributed by atoms with van der Waals surface area (Å²) in [4.78, 5) is 12.7. The molecule has 1 unspecified atom stereocenters. The highest BCUT2D eigenvalue weighted by Gasteiger charge is 2.27. The highest BCUT2D eigenvalue weighted by Crippen LogP contribution is 2.16. The van der Waals surface area contributed by atoms with Gasteiger partial charge in [0.2, 0.25) is 5.91 Å². The number of carbonyl (C=O) groups excluding carboxylic acids is 1. The number of amides is 1. The highest BCUT2D eigenvalue weighted by molar-refractivity contribution is 7.85. The van der Waals surface area contributed by atoms with Crippen LogP contribution in [0.3, 0.4) is 0 Å². The topological polar surface area (TPSA) is 74.7 Å². The van der Waals surface area contributed by atoms with Gasteiger partial charge in [0, 0.05) is 19.5 Å². The first-order valence-electron chi connectivity index (χ1n) is 4.25. The fourth-order valence-corrected chi connectivity index (χ4v) is 2.17. The molecular formula is C7H12ClNO4S. The fraction of sp³-hybridized carbons (Fsp3) is 0.857. The van der Waals surface area contributed by atoms with Crippen molar-refractivity contribution in [1.29, 1.82) is 0 Å². The van der Waals surface area contributed by atoms with Gasteiger partial charge in [-0.1, -0.05) is 0 Å². The second kappa shape index (κ2) is 4.46. The molecule has 0 saturated carbocycles. The van der Waals surface area contributed by atoms with Crippen LogP contribution in [0, 0.1) is 0 Å². The lowest BCUT2D eigenvalue weighted by molar-refractivity contribution is -0.127. The summed E-state index contributed by atoms with van der Waals surface area (Å²) in [6.07, 6.45) is 0.557. The van der Waals surface area contributed by atoms with Crippen LogP contribution in [-0.2, 0) is 14.9 Å². The zero-order valence-electron chi connectivity index (χ0n) is 7.52. The van der Waals surface area contributed by atoms with Gasteiger partial charge in [-0.15, -0.1) is 11.6 Å². The van der Waals surface area contributed by atoms with Crippen molar-refractivity contribution in [1.82, 2.24) is 4.90 Å². The molecule has 1 rings (SSSR count). The van der Waals surface area contributed by atoms with Crippen LogP contribution in [0.15, 0.2) is 0 Å². The van der Waals surface area contributed by atoms with Crippen molar-refractivity contribution < 1.29 is 17.8 Å². The molecule has 0 aliphatic carbocycles. The standard InChI is InChI=1S/C7H12ClNO4S/c8-6-4-7(10)9(5-6)2-1-3-14(11,12)13/h6H,1-5H2,(H,11,12,13). The van der Waals surface area contributed by atoms with Crippen LogP contribution in [0.1, 0.15) is 12.8 Å². The maximum Gasteiger partial charge on any atom is 0.264 e. The molecule has 0 aromatic carbocycles. The molecule has 1 N–H and O–H groups in total. The van der Waals surface area contributed by atoms with E-state index in [1.165, 1.54) is 4.90 Å². The maximum absolute atomic E-state index is 11.2. The first-order valence-corrected chi connectivity index (χ1v) is 6.30. The van der Waals surface area contributed by atoms with E-state index in [1.54, 1.807) is 0 Å². The Morgan fingerprint density at radius 2 is 2.21 bits per heavy atom. The largest absolute Gasteiger partial charge is 0.341 e. The summed E-state index contributed by atoms with van der Waals surface area (Å²) in [7, 11) is -3.92. The molecule has 14 heavy (non-hydrogen) atoms. The zero-order chi connectivity index (χ0) is 10.8. The van der Waals surface area contributed by atoms with Gasteiger partial charge in [0.15, 0.2) is 0 Å². The van der Waals surface area contributed by atoms with Gasteiger partial charge in [-0.3, -0.25) is 9.35 Å². The van der Waals surface area contributed by atoms with E-state index in [-0.39, 0.29) is 23.5 Å². The van der Waals surface area contributed by atoms with E-state index >= 15 is 0 Å². The third kappa shape index (κ3) is 3.81. The number of carbonyl (C=O) groups is 1. The fourth-order valence-electron chi connectivity index (χ4n) is 1.38. The lowest BCUT2D eigenvalue weighted by atomic mass is 10.4. The predicted octanol–water partition coefficient (Wildman–Crippen LogP) is 0.104. The number of hydrogen-bond donors (Lipinski definition) is 1. The number of rotatable bonds is 4. The quantitative estimate of drug-likeness (QED) is 0.560. The smallest absolute Gasteiger partial charge is 0.264 e. The Morgan fingerprint density at radius 1 is 1.57 bits per heavy atom. The van der Waals surface area contributed by atoms with Crippen LogP contribution < -0.4 is 0 Å². The summed E-state index contributed by atoms with van der Waals surface area (Å²) in [5.41, 5.74) is 0. The summed E-state index contributed by atoms with van der Waals surface area (Å²) in [5, 5.41) is -0.173. The summed E-state index contributed by atoms with van der Waals surface area (Å²) < 4.78 is 29.2. The van der Waals surface area contributed by atoms with Crippen molar-refractivity contribution in [2.24, 2.45) is 0 Å². The normalized spacial score (nSPS) is 23.1. The van der Waals surface area contributed by atoms with Gasteiger partial charge < -0.3 is 4.90 Å². The minimum Gasteiger partial charge on any atom is -0.341 e. The minimum absolute atomic E-state index is 0.0552. The first-order chi connectivity index (χ1) is 6.38. The summed E-state index contributed by atoms with van der Waals surface area (Å²) in [5.74, 6) is -0.371. The lowest BCUT2D eigenvalue weighted by Crippen LogP contribution is -2.27. The van der Waals surface area contributed by atoms with Crippen molar-refractivity contribution in [2.75, 3.05) is 18.8 Å². The molecule has 0 radical (unpaired) electrons. The van der Waals surface area contributed by atoms with Gasteiger partial charge in [0.05, 0.1) is 11.1 Å². The third-order valence-electron chi connectivity index (χ3n) is 2.00. The summed E-state index contributed by atoms with van der Waals surface area (Å²) in [6.45, 7) is 0.799. The van der Waals surface area contributed by atoms with Gasteiger partial charge >= 0.3 is 0 Å². The summed E-state index contributed by atoms with van der Waals surface area (Å²) in [6, 6.07) is 0. The van der Waals surface area contributed by atoms with Crippen LogP contribution in [0.5, 0.6) is 0 Å². The predicted molar refractivity (Wildman–Crippen MR) is 51.9 cm³/mol. The number of nitrogens with zero attached hydrogens (tertiary/aromatic N) is 1. The monoisotopic (exact) mass is 241 g/mol. The Bertz CT molecular complexity index is 316. The van der Waals surface area contributed by atoms with Crippen LogP contribution in [-0.4, -0.2) is 48.0 Å². The molecule has 5 nitrogen and oxygen atoms in total. The second-order valence-electron chi connectivity index (χ2n) is 3.28. The molecule has 0 bridgehead atoms. The molecule has 1 aliphatic rings. The number of likely N-dealkylation sites (tertiary alicyclic amines) is 1. The molecule has 82 valence electrons. The van der Waals surface area contributed by atoms with E-state index in [9.17, 15) is 13.2 Å². The van der Waals surface area contributed by atoms with Crippen molar-refractivity contribution in [3.63, 3.8) is 0 Å². The van der Waals surface area contributed by atoms with Crippen molar-refractivity contribution in [2.45, 2.75) is 18.2 Å². The lowest BCUT2D eigenvalue weighted by Gasteiger charge is -2.14. The van der Waals surface area contributed by atoms with Gasteiger partial charge in [-0.05, 0) is 6.42 Å². The Labute approximate surface area is 87.8 Å². The Hall–Kier alpha value is -0.330. The molecule has 7 heteroatoms. The van der Waals surface area contributed by atoms with Crippen LogP contribution >= 0.6 is 11.6 Å². The molecule has 0 aromatic rings. The van der Waals surface area contributed by atoms with E-state index in [2.05, 4.69) is 0 Å². The Morgan fingerprint density at radius 3 is 2.64 bits per heavy atom. The third-order valence-corrected chi connectivity index (χ3v) is 3.09. The van der Waals surface area contributed by atoms with Crippen LogP contribution in [0.2, 0.25) is 0 Å². The van der Waals surface area contributed by atoms with E-state index in [4.69, 9.17) is 16.2 Å². The molecular weight excluding hydrogens is 230 g/mol. The van der Waals surface area contributed by atoms with Gasteiger partial charge in [-0.2, -0.15) is 8.42 Å². The maximum atomic E-state index is 11.2. The van der Waals surface area contributed by atoms with Crippen molar-refractivity contribution >= 4 is 27.6 Å². The SMILES string of the molecule is O=C1CC(Cl)CN1CCCS(=O)(=O)O. The van der Waals surface area contributed by atoms with E-state index in [1.807, 2.05) is 0 Å². The minimum atomic E-state index is -3.92. The molecule has 1 saturated heterocycles. The highest BCUT2D eigenvalue weighted by atomic mass is 35.5. The molecule has 1 atom stereocenters. The molecule has 1 heterocycles. The van der Waals surface area contributed by atoms with E-state index in [0.717, 1.165) is 0 Å². The number of hydrogen-bond acceptors (Lipinski definition) is 3. The number of alkyl halides is 1. The average molecular weight is 242 g/mol. The molecule has 1 aliphatic heterocycles. The van der Waals surface area contributed by atoms with Crippen molar-refractivity contribution in [3.05, 3.63) is 0 Å². The van der Waals surface area contributed by atoms with Gasteiger partial charge in [-0.25, -0.2) is 0 Å². The first kappa shape index (κ1) is 11.7. The Kier molecular flexibility index (Phi) is 3.74. The zero-order valence-corrected chi connectivity index (χ0v) is 9.09. The van der Waals surface area contributed by atoms with E-state index < -0.39 is 10.1 Å². The van der Waals surface area contributed by atoms with Gasteiger partial charge in [0.1, 0.15) is 0 Å². The molecule has 0 aromatic heterocycles. The molecule has 0 spiro atoms. The Balaban J connectivity index is 2.29. The van der Waals surface area contributed by atoms with E-state index in [0.29, 0.717) is 19.5 Å². The molecule has 1 amide bonds. The molecule has 1 fully saturated rings. The average Bonchev–Trinajstić information content (AvgIpc) is 2.27. The van der Waals surface area contributed by atoms with Crippen LogP contribution in [0.25, 0.3) is 0 Å².